The SMILES string of the molecule is C=CCCC(NC(=O)Cc1ccc(C)nc1)C(=O)O. The third-order valence-electron chi connectivity index (χ3n) is 2.63. The number of carbonyl (C=O) groups is 2. The number of carboxylic acids is 1. The predicted octanol–water partition coefficient (Wildman–Crippen LogP) is 1.47. The summed E-state index contributed by atoms with van der Waals surface area (Å²) in [6.45, 7) is 5.39. The van der Waals surface area contributed by atoms with Crippen molar-refractivity contribution in [1.82, 2.24) is 10.3 Å². The lowest BCUT2D eigenvalue weighted by molar-refractivity contribution is -0.141. The molecular weight excluding hydrogens is 244 g/mol. The van der Waals surface area contributed by atoms with Crippen LogP contribution in [0.2, 0.25) is 0 Å². The summed E-state index contributed by atoms with van der Waals surface area (Å²) < 4.78 is 0. The number of amides is 1. The fraction of sp³-hybridized carbons (Fsp3) is 0.357. The Morgan fingerprint density at radius 1 is 1.53 bits per heavy atom. The minimum atomic E-state index is -1.03. The third-order valence-corrected chi connectivity index (χ3v) is 2.63. The van der Waals surface area contributed by atoms with Gasteiger partial charge in [0.25, 0.3) is 0 Å². The van der Waals surface area contributed by atoms with Crippen molar-refractivity contribution in [3.63, 3.8) is 0 Å². The third kappa shape index (κ3) is 5.33. The summed E-state index contributed by atoms with van der Waals surface area (Å²) in [6, 6.07) is 2.75. The van der Waals surface area contributed by atoms with Crippen LogP contribution in [-0.4, -0.2) is 28.0 Å². The number of rotatable bonds is 7. The number of aliphatic carboxylic acids is 1. The molecule has 0 radical (unpaired) electrons. The van der Waals surface area contributed by atoms with Crippen molar-refractivity contribution < 1.29 is 14.7 Å². The quantitative estimate of drug-likeness (QED) is 0.729. The molecular formula is C14H18N2O3. The van der Waals surface area contributed by atoms with Crippen molar-refractivity contribution in [2.24, 2.45) is 0 Å². The molecule has 0 aliphatic rings. The molecule has 1 amide bonds. The lowest BCUT2D eigenvalue weighted by atomic mass is 10.1. The van der Waals surface area contributed by atoms with E-state index in [4.69, 9.17) is 5.11 Å². The van der Waals surface area contributed by atoms with Gasteiger partial charge in [-0.2, -0.15) is 0 Å². The van der Waals surface area contributed by atoms with E-state index >= 15 is 0 Å². The molecule has 0 aliphatic carbocycles. The molecule has 0 spiro atoms. The summed E-state index contributed by atoms with van der Waals surface area (Å²) >= 11 is 0. The number of nitrogens with zero attached hydrogens (tertiary/aromatic N) is 1. The van der Waals surface area contributed by atoms with Gasteiger partial charge in [-0.05, 0) is 31.4 Å². The van der Waals surface area contributed by atoms with Crippen LogP contribution in [0.4, 0.5) is 0 Å². The average molecular weight is 262 g/mol. The number of hydrogen-bond acceptors (Lipinski definition) is 3. The monoisotopic (exact) mass is 262 g/mol. The van der Waals surface area contributed by atoms with Crippen molar-refractivity contribution in [3.05, 3.63) is 42.2 Å². The van der Waals surface area contributed by atoms with Gasteiger partial charge >= 0.3 is 5.97 Å². The van der Waals surface area contributed by atoms with Crippen LogP contribution in [0.3, 0.4) is 0 Å². The van der Waals surface area contributed by atoms with Crippen LogP contribution in [0.25, 0.3) is 0 Å². The Labute approximate surface area is 112 Å². The van der Waals surface area contributed by atoms with Gasteiger partial charge in [0.05, 0.1) is 6.42 Å². The highest BCUT2D eigenvalue weighted by Gasteiger charge is 2.18. The fourth-order valence-electron chi connectivity index (χ4n) is 1.58. The smallest absolute Gasteiger partial charge is 0.326 e. The van der Waals surface area contributed by atoms with Gasteiger partial charge in [-0.25, -0.2) is 4.79 Å². The summed E-state index contributed by atoms with van der Waals surface area (Å²) in [5, 5.41) is 11.5. The van der Waals surface area contributed by atoms with Gasteiger partial charge in [0, 0.05) is 11.9 Å². The molecule has 0 saturated carbocycles. The summed E-state index contributed by atoms with van der Waals surface area (Å²) in [7, 11) is 0. The minimum Gasteiger partial charge on any atom is -0.480 e. The van der Waals surface area contributed by atoms with E-state index in [1.807, 2.05) is 13.0 Å². The summed E-state index contributed by atoms with van der Waals surface area (Å²) in [5.74, 6) is -1.35. The number of carboxylic acid groups (broad SMARTS) is 1. The Morgan fingerprint density at radius 2 is 2.26 bits per heavy atom. The molecule has 5 nitrogen and oxygen atoms in total. The van der Waals surface area contributed by atoms with Crippen LogP contribution >= 0.6 is 0 Å². The van der Waals surface area contributed by atoms with E-state index in [1.54, 1.807) is 18.3 Å². The number of aromatic nitrogens is 1. The molecule has 1 aromatic rings. The molecule has 0 aliphatic heterocycles. The molecule has 0 saturated heterocycles. The topological polar surface area (TPSA) is 79.3 Å². The number of carbonyl (C=O) groups excluding carboxylic acids is 1. The first-order valence-corrected chi connectivity index (χ1v) is 6.07. The van der Waals surface area contributed by atoms with E-state index in [9.17, 15) is 9.59 Å². The molecule has 102 valence electrons. The van der Waals surface area contributed by atoms with Crippen LogP contribution in [-0.2, 0) is 16.0 Å². The Bertz CT molecular complexity index is 454. The Balaban J connectivity index is 2.54. The molecule has 1 aromatic heterocycles. The minimum absolute atomic E-state index is 0.130. The second-order valence-corrected chi connectivity index (χ2v) is 4.31. The Kier molecular flexibility index (Phi) is 5.73. The van der Waals surface area contributed by atoms with E-state index in [2.05, 4.69) is 16.9 Å². The number of aryl methyl sites for hydroxylation is 1. The molecule has 0 aromatic carbocycles. The molecule has 1 rings (SSSR count). The largest absolute Gasteiger partial charge is 0.480 e. The number of pyridine rings is 1. The zero-order chi connectivity index (χ0) is 14.3. The van der Waals surface area contributed by atoms with Crippen molar-refractivity contribution in [1.29, 1.82) is 0 Å². The van der Waals surface area contributed by atoms with Gasteiger partial charge in [-0.3, -0.25) is 9.78 Å². The van der Waals surface area contributed by atoms with Crippen molar-refractivity contribution >= 4 is 11.9 Å². The Hall–Kier alpha value is -2.17. The van der Waals surface area contributed by atoms with Crippen molar-refractivity contribution in [2.45, 2.75) is 32.2 Å². The summed E-state index contributed by atoms with van der Waals surface area (Å²) in [6.07, 6.45) is 4.27. The first kappa shape index (κ1) is 14.9. The highest BCUT2D eigenvalue weighted by molar-refractivity contribution is 5.84. The molecule has 0 fully saturated rings. The lowest BCUT2D eigenvalue weighted by Crippen LogP contribution is -2.41. The average Bonchev–Trinajstić information content (AvgIpc) is 2.37. The van der Waals surface area contributed by atoms with Crippen molar-refractivity contribution in [2.75, 3.05) is 0 Å². The highest BCUT2D eigenvalue weighted by Crippen LogP contribution is 2.03. The van der Waals surface area contributed by atoms with Crippen LogP contribution in [0.1, 0.15) is 24.1 Å². The van der Waals surface area contributed by atoms with E-state index in [-0.39, 0.29) is 12.3 Å². The first-order chi connectivity index (χ1) is 9.02. The summed E-state index contributed by atoms with van der Waals surface area (Å²) in [4.78, 5) is 26.8. The van der Waals surface area contributed by atoms with E-state index in [0.717, 1.165) is 11.3 Å². The van der Waals surface area contributed by atoms with E-state index < -0.39 is 12.0 Å². The second-order valence-electron chi connectivity index (χ2n) is 4.31. The van der Waals surface area contributed by atoms with Crippen molar-refractivity contribution in [3.8, 4) is 0 Å². The standard InChI is InChI=1S/C14H18N2O3/c1-3-4-5-12(14(18)19)16-13(17)8-11-7-6-10(2)15-9-11/h3,6-7,9,12H,1,4-5,8H2,2H3,(H,16,17)(H,18,19). The zero-order valence-electron chi connectivity index (χ0n) is 10.9. The number of nitrogens with one attached hydrogen (secondary N) is 1. The highest BCUT2D eigenvalue weighted by atomic mass is 16.4. The van der Waals surface area contributed by atoms with Gasteiger partial charge < -0.3 is 10.4 Å². The molecule has 2 N–H and O–H groups in total. The zero-order valence-corrected chi connectivity index (χ0v) is 10.9. The summed E-state index contributed by atoms with van der Waals surface area (Å²) in [5.41, 5.74) is 1.63. The van der Waals surface area contributed by atoms with Gasteiger partial charge in [0.1, 0.15) is 6.04 Å². The maximum Gasteiger partial charge on any atom is 0.326 e. The van der Waals surface area contributed by atoms with E-state index in [0.29, 0.717) is 12.8 Å². The molecule has 19 heavy (non-hydrogen) atoms. The number of hydrogen-bond donors (Lipinski definition) is 2. The Morgan fingerprint density at radius 3 is 2.79 bits per heavy atom. The predicted molar refractivity (Wildman–Crippen MR) is 71.7 cm³/mol. The maximum atomic E-state index is 11.7. The van der Waals surface area contributed by atoms with Gasteiger partial charge in [0.2, 0.25) is 5.91 Å². The molecule has 0 bridgehead atoms. The maximum absolute atomic E-state index is 11.7. The first-order valence-electron chi connectivity index (χ1n) is 6.07. The molecule has 1 atom stereocenters. The van der Waals surface area contributed by atoms with Crippen LogP contribution < -0.4 is 5.32 Å². The lowest BCUT2D eigenvalue weighted by Gasteiger charge is -2.13. The van der Waals surface area contributed by atoms with Gasteiger partial charge in [0.15, 0.2) is 0 Å². The number of allylic oxidation sites excluding steroid dienone is 1. The van der Waals surface area contributed by atoms with Gasteiger partial charge in [-0.15, -0.1) is 6.58 Å². The fourth-order valence-corrected chi connectivity index (χ4v) is 1.58. The van der Waals surface area contributed by atoms with E-state index in [1.165, 1.54) is 0 Å². The molecule has 1 unspecified atom stereocenters. The van der Waals surface area contributed by atoms with Crippen LogP contribution in [0.15, 0.2) is 31.0 Å². The van der Waals surface area contributed by atoms with Crippen LogP contribution in [0, 0.1) is 6.92 Å². The molecule has 5 heteroatoms. The normalized spacial score (nSPS) is 11.6. The molecule has 1 heterocycles. The van der Waals surface area contributed by atoms with Gasteiger partial charge in [-0.1, -0.05) is 12.1 Å². The van der Waals surface area contributed by atoms with Crippen LogP contribution in [0.5, 0.6) is 0 Å². The second kappa shape index (κ2) is 7.31.